The van der Waals surface area contributed by atoms with Crippen molar-refractivity contribution in [2.45, 2.75) is 51.0 Å². The van der Waals surface area contributed by atoms with Gasteiger partial charge >= 0.3 is 0 Å². The topological polar surface area (TPSA) is 51.1 Å². The third kappa shape index (κ3) is 5.12. The van der Waals surface area contributed by atoms with Gasteiger partial charge in [-0.1, -0.05) is 49.0 Å². The van der Waals surface area contributed by atoms with E-state index in [1.54, 1.807) is 13.2 Å². The van der Waals surface area contributed by atoms with Crippen LogP contribution in [0.25, 0.3) is 0 Å². The Balaban J connectivity index is 1.54. The molecule has 1 amide bonds. The highest BCUT2D eigenvalue weighted by atomic mass is 16.6. The zero-order chi connectivity index (χ0) is 19.1. The Morgan fingerprint density at radius 3 is 2.89 bits per heavy atom. The van der Waals surface area contributed by atoms with E-state index in [0.29, 0.717) is 25.9 Å². The van der Waals surface area contributed by atoms with Crippen molar-refractivity contribution in [3.05, 3.63) is 42.5 Å². The highest BCUT2D eigenvalue weighted by Crippen LogP contribution is 2.29. The van der Waals surface area contributed by atoms with Crippen LogP contribution >= 0.6 is 0 Å². The summed E-state index contributed by atoms with van der Waals surface area (Å²) in [7, 11) is 1.65. The molecule has 1 aliphatic carbocycles. The standard InChI is InChI=1S/C22H30N2O3/c1-3-14-24(22(25)13-12-17-8-4-5-9-17)16-18-15-20(23-27-18)19-10-6-7-11-21(19)26-2/h3,6-7,10-11,17-18H,1,4-5,8-9,12-16H2,2H3/t18-/m1/s1. The van der Waals surface area contributed by atoms with Crippen molar-refractivity contribution in [1.29, 1.82) is 0 Å². The molecule has 1 fully saturated rings. The number of hydrogen-bond donors (Lipinski definition) is 0. The molecule has 3 rings (SSSR count). The number of rotatable bonds is 9. The Bertz CT molecular complexity index is 680. The van der Waals surface area contributed by atoms with E-state index in [9.17, 15) is 4.79 Å². The van der Waals surface area contributed by atoms with E-state index in [-0.39, 0.29) is 12.0 Å². The van der Waals surface area contributed by atoms with Gasteiger partial charge in [-0.3, -0.25) is 4.79 Å². The van der Waals surface area contributed by atoms with Crippen LogP contribution in [0.2, 0.25) is 0 Å². The third-order valence-electron chi connectivity index (χ3n) is 5.52. The van der Waals surface area contributed by atoms with E-state index >= 15 is 0 Å². The number of amides is 1. The van der Waals surface area contributed by atoms with Gasteiger partial charge in [0.1, 0.15) is 5.75 Å². The summed E-state index contributed by atoms with van der Waals surface area (Å²) < 4.78 is 5.42. The summed E-state index contributed by atoms with van der Waals surface area (Å²) in [6.45, 7) is 4.89. The molecule has 0 N–H and O–H groups in total. The van der Waals surface area contributed by atoms with Crippen LogP contribution in [0.1, 0.15) is 50.5 Å². The highest BCUT2D eigenvalue weighted by molar-refractivity contribution is 6.03. The molecule has 5 heteroatoms. The monoisotopic (exact) mass is 370 g/mol. The third-order valence-corrected chi connectivity index (χ3v) is 5.52. The average molecular weight is 370 g/mol. The molecule has 0 unspecified atom stereocenters. The van der Waals surface area contributed by atoms with Gasteiger partial charge in [-0.15, -0.1) is 6.58 Å². The van der Waals surface area contributed by atoms with Gasteiger partial charge in [0.2, 0.25) is 5.91 Å². The molecule has 0 spiro atoms. The Labute approximate surface area is 162 Å². The first-order valence-corrected chi connectivity index (χ1v) is 9.96. The molecule has 146 valence electrons. The normalized spacial score (nSPS) is 19.4. The largest absolute Gasteiger partial charge is 0.496 e. The van der Waals surface area contributed by atoms with Crippen molar-refractivity contribution >= 4 is 11.6 Å². The highest BCUT2D eigenvalue weighted by Gasteiger charge is 2.28. The first kappa shape index (κ1) is 19.5. The lowest BCUT2D eigenvalue weighted by molar-refractivity contribution is -0.132. The smallest absolute Gasteiger partial charge is 0.222 e. The lowest BCUT2D eigenvalue weighted by atomic mass is 10.0. The summed E-state index contributed by atoms with van der Waals surface area (Å²) in [5, 5.41) is 4.25. The fourth-order valence-electron chi connectivity index (χ4n) is 4.03. The predicted molar refractivity (Wildman–Crippen MR) is 107 cm³/mol. The van der Waals surface area contributed by atoms with Crippen LogP contribution < -0.4 is 4.74 Å². The molecule has 1 aromatic carbocycles. The minimum absolute atomic E-state index is 0.125. The van der Waals surface area contributed by atoms with Crippen molar-refractivity contribution in [1.82, 2.24) is 4.90 Å². The molecule has 1 aliphatic heterocycles. The summed E-state index contributed by atoms with van der Waals surface area (Å²) >= 11 is 0. The molecule has 0 bridgehead atoms. The van der Waals surface area contributed by atoms with Gasteiger partial charge in [-0.25, -0.2) is 0 Å². The second-order valence-corrected chi connectivity index (χ2v) is 7.45. The summed E-state index contributed by atoms with van der Waals surface area (Å²) in [5.74, 6) is 1.70. The van der Waals surface area contributed by atoms with Crippen LogP contribution in [-0.2, 0) is 9.63 Å². The summed E-state index contributed by atoms with van der Waals surface area (Å²) in [4.78, 5) is 20.2. The van der Waals surface area contributed by atoms with Crippen LogP contribution in [-0.4, -0.2) is 42.8 Å². The number of para-hydroxylation sites is 1. The van der Waals surface area contributed by atoms with Gasteiger partial charge in [0.05, 0.1) is 19.4 Å². The minimum atomic E-state index is -0.125. The fourth-order valence-corrected chi connectivity index (χ4v) is 4.03. The number of nitrogens with zero attached hydrogens (tertiary/aromatic N) is 2. The summed E-state index contributed by atoms with van der Waals surface area (Å²) in [6.07, 6.45) is 9.12. The summed E-state index contributed by atoms with van der Waals surface area (Å²) in [6, 6.07) is 7.80. The number of benzene rings is 1. The van der Waals surface area contributed by atoms with Crippen molar-refractivity contribution in [2.24, 2.45) is 11.1 Å². The Morgan fingerprint density at radius 1 is 1.37 bits per heavy atom. The van der Waals surface area contributed by atoms with Crippen LogP contribution in [0.5, 0.6) is 5.75 Å². The number of oxime groups is 1. The molecule has 0 saturated heterocycles. The van der Waals surface area contributed by atoms with E-state index in [4.69, 9.17) is 9.57 Å². The lowest BCUT2D eigenvalue weighted by Crippen LogP contribution is -2.37. The van der Waals surface area contributed by atoms with Crippen molar-refractivity contribution in [2.75, 3.05) is 20.2 Å². The SMILES string of the molecule is C=CCN(C[C@H]1CC(c2ccccc2OC)=NO1)C(=O)CCC1CCCC1. The number of carbonyl (C=O) groups is 1. The van der Waals surface area contributed by atoms with Crippen molar-refractivity contribution in [3.8, 4) is 5.75 Å². The fraction of sp³-hybridized carbons (Fsp3) is 0.545. The maximum Gasteiger partial charge on any atom is 0.222 e. The number of hydrogen-bond acceptors (Lipinski definition) is 4. The first-order valence-electron chi connectivity index (χ1n) is 9.96. The molecule has 0 radical (unpaired) electrons. The Kier molecular flexibility index (Phi) is 6.91. The van der Waals surface area contributed by atoms with Crippen molar-refractivity contribution in [3.63, 3.8) is 0 Å². The molecule has 2 aliphatic rings. The van der Waals surface area contributed by atoms with Crippen molar-refractivity contribution < 1.29 is 14.4 Å². The molecule has 5 nitrogen and oxygen atoms in total. The molecule has 1 heterocycles. The maximum absolute atomic E-state index is 12.7. The molecule has 27 heavy (non-hydrogen) atoms. The van der Waals surface area contributed by atoms with E-state index in [2.05, 4.69) is 11.7 Å². The Hall–Kier alpha value is -2.30. The van der Waals surface area contributed by atoms with Gasteiger partial charge in [0.15, 0.2) is 6.10 Å². The zero-order valence-corrected chi connectivity index (χ0v) is 16.2. The number of ether oxygens (including phenoxy) is 1. The molecule has 0 aromatic heterocycles. The Morgan fingerprint density at radius 2 is 2.15 bits per heavy atom. The maximum atomic E-state index is 12.7. The summed E-state index contributed by atoms with van der Waals surface area (Å²) in [5.41, 5.74) is 1.82. The van der Waals surface area contributed by atoms with Gasteiger partial charge in [-0.05, 0) is 24.5 Å². The second kappa shape index (κ2) is 9.58. The number of methoxy groups -OCH3 is 1. The molecule has 1 saturated carbocycles. The molecular weight excluding hydrogens is 340 g/mol. The van der Waals surface area contributed by atoms with Crippen LogP contribution in [0.15, 0.2) is 42.1 Å². The van der Waals surface area contributed by atoms with E-state index in [0.717, 1.165) is 29.4 Å². The van der Waals surface area contributed by atoms with Gasteiger partial charge in [0.25, 0.3) is 0 Å². The molecular formula is C22H30N2O3. The van der Waals surface area contributed by atoms with Crippen LogP contribution in [0, 0.1) is 5.92 Å². The molecule has 1 aromatic rings. The predicted octanol–water partition coefficient (Wildman–Crippen LogP) is 4.17. The van der Waals surface area contributed by atoms with Crippen LogP contribution in [0.4, 0.5) is 0 Å². The van der Waals surface area contributed by atoms with E-state index in [1.807, 2.05) is 29.2 Å². The zero-order valence-electron chi connectivity index (χ0n) is 16.2. The van der Waals surface area contributed by atoms with Gasteiger partial charge < -0.3 is 14.5 Å². The first-order chi connectivity index (χ1) is 13.2. The quantitative estimate of drug-likeness (QED) is 0.613. The minimum Gasteiger partial charge on any atom is -0.496 e. The van der Waals surface area contributed by atoms with E-state index < -0.39 is 0 Å². The average Bonchev–Trinajstić information content (AvgIpc) is 3.37. The molecule has 1 atom stereocenters. The number of carbonyl (C=O) groups excluding carboxylic acids is 1. The lowest BCUT2D eigenvalue weighted by Gasteiger charge is -2.24. The van der Waals surface area contributed by atoms with Crippen LogP contribution in [0.3, 0.4) is 0 Å². The van der Waals surface area contributed by atoms with E-state index in [1.165, 1.54) is 25.7 Å². The second-order valence-electron chi connectivity index (χ2n) is 7.45. The van der Waals surface area contributed by atoms with Gasteiger partial charge in [-0.2, -0.15) is 0 Å². The van der Waals surface area contributed by atoms with Gasteiger partial charge in [0, 0.05) is 24.9 Å².